The number of aliphatic hydroxyl groups excluding tert-OH is 1. The van der Waals surface area contributed by atoms with Crippen LogP contribution < -0.4 is 0 Å². The molecule has 0 amide bonds. The topological polar surface area (TPSA) is 36.4 Å². The standard InChI is InChI=1S/C15H16N2OS/c1-17(10-15-11-19-12-16-15)9-14-6-4-13(5-7-14)3-2-8-18/h4-7,11-12,18H,8-10H2,1H3. The van der Waals surface area contributed by atoms with Crippen LogP contribution in [0.15, 0.2) is 35.2 Å². The maximum atomic E-state index is 8.64. The van der Waals surface area contributed by atoms with Crippen molar-refractivity contribution in [3.05, 3.63) is 52.0 Å². The van der Waals surface area contributed by atoms with Gasteiger partial charge in [-0.1, -0.05) is 24.0 Å². The summed E-state index contributed by atoms with van der Waals surface area (Å²) in [6.07, 6.45) is 0. The number of rotatable bonds is 4. The molecule has 0 radical (unpaired) electrons. The number of benzene rings is 1. The van der Waals surface area contributed by atoms with Crippen LogP contribution >= 0.6 is 11.3 Å². The van der Waals surface area contributed by atoms with Crippen LogP contribution in [0.2, 0.25) is 0 Å². The minimum absolute atomic E-state index is 0.0991. The Hall–Kier alpha value is -1.67. The lowest BCUT2D eigenvalue weighted by Crippen LogP contribution is -2.17. The lowest BCUT2D eigenvalue weighted by molar-refractivity contribution is 0.316. The van der Waals surface area contributed by atoms with Gasteiger partial charge in [0.05, 0.1) is 11.2 Å². The second-order valence-corrected chi connectivity index (χ2v) is 5.03. The van der Waals surface area contributed by atoms with Gasteiger partial charge in [-0.05, 0) is 24.7 Å². The highest BCUT2D eigenvalue weighted by atomic mass is 32.1. The summed E-state index contributed by atoms with van der Waals surface area (Å²) in [5.41, 5.74) is 5.14. The highest BCUT2D eigenvalue weighted by molar-refractivity contribution is 7.07. The van der Waals surface area contributed by atoms with E-state index in [-0.39, 0.29) is 6.61 Å². The molecule has 19 heavy (non-hydrogen) atoms. The fraction of sp³-hybridized carbons (Fsp3) is 0.267. The van der Waals surface area contributed by atoms with Gasteiger partial charge in [-0.25, -0.2) is 4.98 Å². The molecule has 0 saturated heterocycles. The molecule has 1 aromatic heterocycles. The first kappa shape index (κ1) is 13.8. The van der Waals surface area contributed by atoms with E-state index < -0.39 is 0 Å². The molecule has 0 bridgehead atoms. The highest BCUT2D eigenvalue weighted by Crippen LogP contribution is 2.09. The third-order valence-corrected chi connectivity index (χ3v) is 3.27. The fourth-order valence-electron chi connectivity index (χ4n) is 1.79. The molecule has 0 saturated carbocycles. The van der Waals surface area contributed by atoms with Crippen molar-refractivity contribution in [2.75, 3.05) is 13.7 Å². The molecule has 0 aliphatic carbocycles. The summed E-state index contributed by atoms with van der Waals surface area (Å²) in [5.74, 6) is 5.53. The zero-order chi connectivity index (χ0) is 13.5. The second-order valence-electron chi connectivity index (χ2n) is 4.31. The van der Waals surface area contributed by atoms with Crippen LogP contribution in [0.4, 0.5) is 0 Å². The molecular weight excluding hydrogens is 256 g/mol. The minimum atomic E-state index is -0.0991. The monoisotopic (exact) mass is 272 g/mol. The third-order valence-electron chi connectivity index (χ3n) is 2.63. The lowest BCUT2D eigenvalue weighted by atomic mass is 10.1. The molecule has 0 aliphatic rings. The van der Waals surface area contributed by atoms with Crippen LogP contribution in [0, 0.1) is 11.8 Å². The molecule has 0 spiro atoms. The van der Waals surface area contributed by atoms with E-state index in [1.54, 1.807) is 11.3 Å². The van der Waals surface area contributed by atoms with Crippen molar-refractivity contribution >= 4 is 11.3 Å². The number of thiazole rings is 1. The summed E-state index contributed by atoms with van der Waals surface area (Å²) < 4.78 is 0. The minimum Gasteiger partial charge on any atom is -0.384 e. The van der Waals surface area contributed by atoms with Gasteiger partial charge in [0, 0.05) is 24.0 Å². The van der Waals surface area contributed by atoms with Crippen LogP contribution in [-0.2, 0) is 13.1 Å². The average Bonchev–Trinajstić information content (AvgIpc) is 2.90. The van der Waals surface area contributed by atoms with E-state index in [9.17, 15) is 0 Å². The number of hydrogen-bond acceptors (Lipinski definition) is 4. The SMILES string of the molecule is CN(Cc1ccc(C#CCO)cc1)Cc1cscn1. The Labute approximate surface area is 117 Å². The van der Waals surface area contributed by atoms with Crippen molar-refractivity contribution in [3.63, 3.8) is 0 Å². The predicted octanol–water partition coefficient (Wildman–Crippen LogP) is 2.12. The van der Waals surface area contributed by atoms with Gasteiger partial charge < -0.3 is 5.11 Å². The Balaban J connectivity index is 1.92. The Bertz CT molecular complexity index is 552. The quantitative estimate of drug-likeness (QED) is 0.866. The van der Waals surface area contributed by atoms with E-state index in [1.807, 2.05) is 17.6 Å². The van der Waals surface area contributed by atoms with Gasteiger partial charge >= 0.3 is 0 Å². The fourth-order valence-corrected chi connectivity index (χ4v) is 2.34. The first-order chi connectivity index (χ1) is 9.28. The van der Waals surface area contributed by atoms with Gasteiger partial charge in [-0.15, -0.1) is 11.3 Å². The van der Waals surface area contributed by atoms with Crippen molar-refractivity contribution in [3.8, 4) is 11.8 Å². The Morgan fingerprint density at radius 3 is 2.68 bits per heavy atom. The molecule has 1 N–H and O–H groups in total. The Morgan fingerprint density at radius 2 is 2.05 bits per heavy atom. The van der Waals surface area contributed by atoms with Gasteiger partial charge in [0.25, 0.3) is 0 Å². The van der Waals surface area contributed by atoms with Crippen LogP contribution in [0.3, 0.4) is 0 Å². The Morgan fingerprint density at radius 1 is 1.26 bits per heavy atom. The number of aliphatic hydroxyl groups is 1. The van der Waals surface area contributed by atoms with E-state index in [0.29, 0.717) is 0 Å². The lowest BCUT2D eigenvalue weighted by Gasteiger charge is -2.15. The van der Waals surface area contributed by atoms with Crippen molar-refractivity contribution < 1.29 is 5.11 Å². The molecule has 2 aromatic rings. The maximum absolute atomic E-state index is 8.64. The smallest absolute Gasteiger partial charge is 0.104 e. The van der Waals surface area contributed by atoms with Gasteiger partial charge in [0.15, 0.2) is 0 Å². The summed E-state index contributed by atoms with van der Waals surface area (Å²) in [5, 5.41) is 10.7. The zero-order valence-electron chi connectivity index (χ0n) is 10.8. The van der Waals surface area contributed by atoms with Crippen LogP contribution in [-0.4, -0.2) is 28.6 Å². The summed E-state index contributed by atoms with van der Waals surface area (Å²) in [7, 11) is 2.08. The second kappa shape index (κ2) is 7.05. The maximum Gasteiger partial charge on any atom is 0.104 e. The third kappa shape index (κ3) is 4.49. The number of hydrogen-bond donors (Lipinski definition) is 1. The van der Waals surface area contributed by atoms with E-state index in [1.165, 1.54) is 5.56 Å². The molecule has 1 heterocycles. The summed E-state index contributed by atoms with van der Waals surface area (Å²) in [6, 6.07) is 8.10. The Kier molecular flexibility index (Phi) is 5.10. The molecule has 0 aliphatic heterocycles. The van der Waals surface area contributed by atoms with Gasteiger partial charge in [0.2, 0.25) is 0 Å². The van der Waals surface area contributed by atoms with Crippen LogP contribution in [0.5, 0.6) is 0 Å². The van der Waals surface area contributed by atoms with E-state index in [0.717, 1.165) is 24.3 Å². The predicted molar refractivity (Wildman–Crippen MR) is 77.7 cm³/mol. The molecule has 1 aromatic carbocycles. The van der Waals surface area contributed by atoms with Gasteiger partial charge in [-0.3, -0.25) is 4.90 Å². The van der Waals surface area contributed by atoms with E-state index >= 15 is 0 Å². The van der Waals surface area contributed by atoms with Gasteiger partial charge in [0.1, 0.15) is 6.61 Å². The molecule has 4 heteroatoms. The summed E-state index contributed by atoms with van der Waals surface area (Å²) in [4.78, 5) is 6.51. The molecule has 0 unspecified atom stereocenters. The number of nitrogens with zero attached hydrogens (tertiary/aromatic N) is 2. The van der Waals surface area contributed by atoms with Crippen molar-refractivity contribution in [1.82, 2.24) is 9.88 Å². The molecule has 0 atom stereocenters. The molecule has 3 nitrogen and oxygen atoms in total. The van der Waals surface area contributed by atoms with Crippen LogP contribution in [0.1, 0.15) is 16.8 Å². The normalized spacial score (nSPS) is 10.3. The first-order valence-electron chi connectivity index (χ1n) is 6.02. The molecule has 2 rings (SSSR count). The van der Waals surface area contributed by atoms with E-state index in [4.69, 9.17) is 5.11 Å². The molecule has 98 valence electrons. The highest BCUT2D eigenvalue weighted by Gasteiger charge is 2.03. The average molecular weight is 272 g/mol. The van der Waals surface area contributed by atoms with Crippen LogP contribution in [0.25, 0.3) is 0 Å². The van der Waals surface area contributed by atoms with Gasteiger partial charge in [-0.2, -0.15) is 0 Å². The summed E-state index contributed by atoms with van der Waals surface area (Å²) in [6.45, 7) is 1.64. The molecule has 0 fully saturated rings. The summed E-state index contributed by atoms with van der Waals surface area (Å²) >= 11 is 1.62. The molecular formula is C15H16N2OS. The first-order valence-corrected chi connectivity index (χ1v) is 6.96. The van der Waals surface area contributed by atoms with Crippen molar-refractivity contribution in [2.24, 2.45) is 0 Å². The largest absolute Gasteiger partial charge is 0.384 e. The van der Waals surface area contributed by atoms with E-state index in [2.05, 4.69) is 46.3 Å². The van der Waals surface area contributed by atoms with Crippen molar-refractivity contribution in [2.45, 2.75) is 13.1 Å². The number of aromatic nitrogens is 1. The zero-order valence-corrected chi connectivity index (χ0v) is 11.7. The van der Waals surface area contributed by atoms with Crippen molar-refractivity contribution in [1.29, 1.82) is 0 Å².